The van der Waals surface area contributed by atoms with Gasteiger partial charge in [0.2, 0.25) is 5.91 Å². The molecule has 28 heavy (non-hydrogen) atoms. The van der Waals surface area contributed by atoms with E-state index in [-0.39, 0.29) is 35.4 Å². The monoisotopic (exact) mass is 407 g/mol. The summed E-state index contributed by atoms with van der Waals surface area (Å²) in [5, 5.41) is 13.3. The van der Waals surface area contributed by atoms with Crippen molar-refractivity contribution in [1.29, 1.82) is 0 Å². The van der Waals surface area contributed by atoms with Crippen LogP contribution in [0.3, 0.4) is 0 Å². The summed E-state index contributed by atoms with van der Waals surface area (Å²) in [6, 6.07) is 4.55. The molecule has 2 rings (SSSR count). The Morgan fingerprint density at radius 2 is 2.07 bits per heavy atom. The zero-order valence-electron chi connectivity index (χ0n) is 16.4. The number of ether oxygens (including phenoxy) is 1. The van der Waals surface area contributed by atoms with Crippen LogP contribution in [0.2, 0.25) is 0 Å². The van der Waals surface area contributed by atoms with Crippen molar-refractivity contribution in [2.24, 2.45) is 0 Å². The number of carbonyl (C=O) groups excluding carboxylic acids is 2. The highest BCUT2D eigenvalue weighted by molar-refractivity contribution is 7.99. The quantitative estimate of drug-likeness (QED) is 0.388. The van der Waals surface area contributed by atoms with Gasteiger partial charge in [-0.2, -0.15) is 0 Å². The molecule has 0 aliphatic rings. The number of esters is 1. The molecule has 2 N–H and O–H groups in total. The minimum absolute atomic E-state index is 0.0514. The predicted octanol–water partition coefficient (Wildman–Crippen LogP) is 1.57. The van der Waals surface area contributed by atoms with E-state index in [0.717, 1.165) is 18.2 Å². The van der Waals surface area contributed by atoms with Gasteiger partial charge in [-0.1, -0.05) is 18.7 Å². The molecule has 0 bridgehead atoms. The van der Waals surface area contributed by atoms with Crippen LogP contribution in [0.1, 0.15) is 37.6 Å². The highest BCUT2D eigenvalue weighted by atomic mass is 32.2. The molecule has 8 nitrogen and oxygen atoms in total. The third kappa shape index (κ3) is 5.32. The van der Waals surface area contributed by atoms with E-state index in [0.29, 0.717) is 16.1 Å². The molecule has 9 heteroatoms. The van der Waals surface area contributed by atoms with Crippen molar-refractivity contribution in [3.05, 3.63) is 34.1 Å². The maximum atomic E-state index is 12.9. The number of amides is 1. The lowest BCUT2D eigenvalue weighted by Crippen LogP contribution is -2.33. The zero-order valence-corrected chi connectivity index (χ0v) is 17.2. The van der Waals surface area contributed by atoms with Crippen molar-refractivity contribution < 1.29 is 19.4 Å². The van der Waals surface area contributed by atoms with Crippen molar-refractivity contribution in [3.63, 3.8) is 0 Å². The molecule has 2 atom stereocenters. The molecule has 0 aliphatic carbocycles. The summed E-state index contributed by atoms with van der Waals surface area (Å²) in [5.41, 5.74) is 0.271. The van der Waals surface area contributed by atoms with E-state index in [1.54, 1.807) is 6.92 Å². The topological polar surface area (TPSA) is 111 Å². The first-order valence-corrected chi connectivity index (χ1v) is 9.98. The van der Waals surface area contributed by atoms with Gasteiger partial charge in [0, 0.05) is 6.04 Å². The minimum atomic E-state index is -0.764. The van der Waals surface area contributed by atoms with E-state index in [1.807, 2.05) is 13.8 Å². The molecule has 0 saturated carbocycles. The van der Waals surface area contributed by atoms with Crippen LogP contribution in [0, 0.1) is 0 Å². The molecule has 0 fully saturated rings. The van der Waals surface area contributed by atoms with E-state index in [9.17, 15) is 19.5 Å². The molecule has 1 aromatic carbocycles. The SMILES string of the molecule is CC[C@@H](C)NC(=O)CSc1nc2cc(C(=O)OC)ccc2c(=O)n1C[C@H](C)O. The Balaban J connectivity index is 2.43. The Morgan fingerprint density at radius 1 is 1.36 bits per heavy atom. The molecule has 152 valence electrons. The summed E-state index contributed by atoms with van der Waals surface area (Å²) in [7, 11) is 1.28. The molecule has 0 saturated heterocycles. The summed E-state index contributed by atoms with van der Waals surface area (Å²) < 4.78 is 6.06. The summed E-state index contributed by atoms with van der Waals surface area (Å²) >= 11 is 1.11. The Hall–Kier alpha value is -2.39. The van der Waals surface area contributed by atoms with Crippen molar-refractivity contribution in [2.45, 2.75) is 51.0 Å². The maximum absolute atomic E-state index is 12.9. The highest BCUT2D eigenvalue weighted by Gasteiger charge is 2.17. The van der Waals surface area contributed by atoms with Crippen molar-refractivity contribution in [1.82, 2.24) is 14.9 Å². The number of hydrogen-bond donors (Lipinski definition) is 2. The average molecular weight is 407 g/mol. The van der Waals surface area contributed by atoms with Crippen molar-refractivity contribution in [2.75, 3.05) is 12.9 Å². The van der Waals surface area contributed by atoms with Gasteiger partial charge >= 0.3 is 5.97 Å². The number of aliphatic hydroxyl groups is 1. The van der Waals surface area contributed by atoms with Crippen LogP contribution in [0.4, 0.5) is 0 Å². The van der Waals surface area contributed by atoms with E-state index < -0.39 is 12.1 Å². The number of rotatable bonds is 8. The zero-order chi connectivity index (χ0) is 20.8. The fraction of sp³-hybridized carbons (Fsp3) is 0.474. The van der Waals surface area contributed by atoms with Gasteiger partial charge < -0.3 is 15.2 Å². The van der Waals surface area contributed by atoms with Gasteiger partial charge in [-0.25, -0.2) is 9.78 Å². The van der Waals surface area contributed by atoms with E-state index in [4.69, 9.17) is 4.74 Å². The van der Waals surface area contributed by atoms with Gasteiger partial charge in [-0.05, 0) is 38.5 Å². The minimum Gasteiger partial charge on any atom is -0.465 e. The van der Waals surface area contributed by atoms with Gasteiger partial charge in [0.25, 0.3) is 5.56 Å². The molecule has 0 unspecified atom stereocenters. The molecule has 1 aromatic heterocycles. The van der Waals surface area contributed by atoms with Gasteiger partial charge in [-0.3, -0.25) is 14.2 Å². The summed E-state index contributed by atoms with van der Waals surface area (Å²) in [4.78, 5) is 41.2. The van der Waals surface area contributed by atoms with Gasteiger partial charge in [0.1, 0.15) is 0 Å². The standard InChI is InChI=1S/C19H25N3O5S/c1-5-11(2)20-16(24)10-28-19-21-15-8-13(18(26)27-4)6-7-14(15)17(25)22(19)9-12(3)23/h6-8,11-12,23H,5,9-10H2,1-4H3,(H,20,24)/t11-,12+/m1/s1. The maximum Gasteiger partial charge on any atom is 0.337 e. The molecule has 1 heterocycles. The van der Waals surface area contributed by atoms with E-state index >= 15 is 0 Å². The Morgan fingerprint density at radius 3 is 2.68 bits per heavy atom. The van der Waals surface area contributed by atoms with E-state index in [1.165, 1.54) is 29.9 Å². The third-order valence-electron chi connectivity index (χ3n) is 4.14. The van der Waals surface area contributed by atoms with Crippen molar-refractivity contribution in [3.8, 4) is 0 Å². The van der Waals surface area contributed by atoms with Crippen LogP contribution in [0.5, 0.6) is 0 Å². The first-order chi connectivity index (χ1) is 13.3. The second-order valence-corrected chi connectivity index (χ2v) is 7.49. The molecule has 0 radical (unpaired) electrons. The van der Waals surface area contributed by atoms with Crippen LogP contribution >= 0.6 is 11.8 Å². The lowest BCUT2D eigenvalue weighted by atomic mass is 10.1. The van der Waals surface area contributed by atoms with E-state index in [2.05, 4.69) is 10.3 Å². The lowest BCUT2D eigenvalue weighted by molar-refractivity contribution is -0.119. The number of methoxy groups -OCH3 is 1. The Bertz CT molecular complexity index is 926. The number of hydrogen-bond acceptors (Lipinski definition) is 7. The Kier molecular flexibility index (Phi) is 7.59. The number of aliphatic hydroxyl groups excluding tert-OH is 1. The average Bonchev–Trinajstić information content (AvgIpc) is 2.67. The molecular formula is C19H25N3O5S. The first kappa shape index (κ1) is 21.9. The molecule has 0 spiro atoms. The lowest BCUT2D eigenvalue weighted by Gasteiger charge is -2.15. The summed E-state index contributed by atoms with van der Waals surface area (Å²) in [6.45, 7) is 5.51. The number of benzene rings is 1. The van der Waals surface area contributed by atoms with Crippen LogP contribution < -0.4 is 10.9 Å². The van der Waals surface area contributed by atoms with Crippen molar-refractivity contribution >= 4 is 34.5 Å². The van der Waals surface area contributed by atoms with Crippen LogP contribution in [-0.2, 0) is 16.1 Å². The van der Waals surface area contributed by atoms with Gasteiger partial charge in [0.05, 0.1) is 42.0 Å². The fourth-order valence-corrected chi connectivity index (χ4v) is 3.35. The first-order valence-electron chi connectivity index (χ1n) is 8.99. The number of nitrogens with one attached hydrogen (secondary N) is 1. The summed E-state index contributed by atoms with van der Waals surface area (Å²) in [5.74, 6) is -0.613. The number of aromatic nitrogens is 2. The second-order valence-electron chi connectivity index (χ2n) is 6.55. The summed E-state index contributed by atoms with van der Waals surface area (Å²) in [6.07, 6.45) is 0.0489. The van der Waals surface area contributed by atoms with Crippen LogP contribution in [0.15, 0.2) is 28.2 Å². The van der Waals surface area contributed by atoms with Gasteiger partial charge in [-0.15, -0.1) is 0 Å². The Labute approximate surface area is 167 Å². The number of thioether (sulfide) groups is 1. The molecule has 1 amide bonds. The number of nitrogens with zero attached hydrogens (tertiary/aromatic N) is 2. The molecule has 2 aromatic rings. The van der Waals surface area contributed by atoms with Crippen LogP contribution in [-0.4, -0.2) is 51.5 Å². The second kappa shape index (κ2) is 9.70. The highest BCUT2D eigenvalue weighted by Crippen LogP contribution is 2.19. The van der Waals surface area contributed by atoms with Gasteiger partial charge in [0.15, 0.2) is 5.16 Å². The largest absolute Gasteiger partial charge is 0.465 e. The number of fused-ring (bicyclic) bond motifs is 1. The molecular weight excluding hydrogens is 382 g/mol. The molecule has 0 aliphatic heterocycles. The fourth-order valence-electron chi connectivity index (χ4n) is 2.53. The normalized spacial score (nSPS) is 13.2. The number of carbonyl (C=O) groups is 2. The van der Waals surface area contributed by atoms with Crippen LogP contribution in [0.25, 0.3) is 10.9 Å². The predicted molar refractivity (Wildman–Crippen MR) is 108 cm³/mol. The third-order valence-corrected chi connectivity index (χ3v) is 5.12. The smallest absolute Gasteiger partial charge is 0.337 e.